The number of rotatable bonds is 4. The standard InChI is InChI=1S/C11H16N2O2S/c1-7(16-2)6-13-11(15)9-5-8(14)3-4-10(9)12/h3-5,7,14H,6,12H2,1-2H3,(H,13,15). The quantitative estimate of drug-likeness (QED) is 0.550. The van der Waals surface area contributed by atoms with E-state index in [1.54, 1.807) is 11.8 Å². The zero-order valence-corrected chi connectivity index (χ0v) is 10.2. The Morgan fingerprint density at radius 1 is 1.62 bits per heavy atom. The minimum atomic E-state index is -0.255. The number of carbonyl (C=O) groups is 1. The molecule has 88 valence electrons. The molecule has 0 aromatic heterocycles. The van der Waals surface area contributed by atoms with Crippen LogP contribution < -0.4 is 11.1 Å². The molecule has 0 fully saturated rings. The summed E-state index contributed by atoms with van der Waals surface area (Å²) in [5, 5.41) is 12.4. The molecule has 0 saturated carbocycles. The summed E-state index contributed by atoms with van der Waals surface area (Å²) < 4.78 is 0. The number of phenolic OH excluding ortho intramolecular Hbond substituents is 1. The molecular weight excluding hydrogens is 224 g/mol. The van der Waals surface area contributed by atoms with Crippen molar-refractivity contribution in [3.63, 3.8) is 0 Å². The Labute approximate surface area is 99.2 Å². The first-order chi connectivity index (χ1) is 7.54. The maximum absolute atomic E-state index is 11.7. The van der Waals surface area contributed by atoms with E-state index in [-0.39, 0.29) is 11.7 Å². The van der Waals surface area contributed by atoms with Crippen molar-refractivity contribution in [1.29, 1.82) is 0 Å². The highest BCUT2D eigenvalue weighted by atomic mass is 32.2. The van der Waals surface area contributed by atoms with Gasteiger partial charge < -0.3 is 16.2 Å². The maximum atomic E-state index is 11.7. The van der Waals surface area contributed by atoms with Gasteiger partial charge in [0.15, 0.2) is 0 Å². The fourth-order valence-electron chi connectivity index (χ4n) is 1.16. The van der Waals surface area contributed by atoms with Gasteiger partial charge in [0.2, 0.25) is 0 Å². The monoisotopic (exact) mass is 240 g/mol. The van der Waals surface area contributed by atoms with E-state index < -0.39 is 0 Å². The molecular formula is C11H16N2O2S. The van der Waals surface area contributed by atoms with E-state index in [0.29, 0.717) is 23.0 Å². The van der Waals surface area contributed by atoms with Crippen LogP contribution in [0.15, 0.2) is 18.2 Å². The second-order valence-corrected chi connectivity index (χ2v) is 4.80. The molecule has 1 amide bonds. The van der Waals surface area contributed by atoms with Gasteiger partial charge in [0.1, 0.15) is 5.75 Å². The fraction of sp³-hybridized carbons (Fsp3) is 0.364. The Bertz CT molecular complexity index is 382. The van der Waals surface area contributed by atoms with Crippen LogP contribution in [0.25, 0.3) is 0 Å². The highest BCUT2D eigenvalue weighted by molar-refractivity contribution is 7.99. The molecule has 1 atom stereocenters. The Hall–Kier alpha value is -1.36. The average Bonchev–Trinajstić information content (AvgIpc) is 2.28. The average molecular weight is 240 g/mol. The van der Waals surface area contributed by atoms with Gasteiger partial charge in [-0.25, -0.2) is 0 Å². The third-order valence-corrected chi connectivity index (χ3v) is 3.21. The van der Waals surface area contributed by atoms with Crippen LogP contribution in [0, 0.1) is 0 Å². The van der Waals surface area contributed by atoms with E-state index in [1.165, 1.54) is 18.2 Å². The Kier molecular flexibility index (Phi) is 4.49. The lowest BCUT2D eigenvalue weighted by atomic mass is 10.1. The zero-order valence-electron chi connectivity index (χ0n) is 9.36. The number of carbonyl (C=O) groups excluding carboxylic acids is 1. The summed E-state index contributed by atoms with van der Waals surface area (Å²) in [5.41, 5.74) is 6.33. The van der Waals surface area contributed by atoms with E-state index >= 15 is 0 Å². The number of hydrogen-bond donors (Lipinski definition) is 3. The number of aromatic hydroxyl groups is 1. The summed E-state index contributed by atoms with van der Waals surface area (Å²) in [6.07, 6.45) is 1.99. The van der Waals surface area contributed by atoms with E-state index in [4.69, 9.17) is 5.73 Å². The van der Waals surface area contributed by atoms with Crippen LogP contribution in [0.3, 0.4) is 0 Å². The van der Waals surface area contributed by atoms with E-state index in [9.17, 15) is 9.90 Å². The van der Waals surface area contributed by atoms with E-state index in [2.05, 4.69) is 5.32 Å². The molecule has 16 heavy (non-hydrogen) atoms. The second kappa shape index (κ2) is 5.65. The van der Waals surface area contributed by atoms with Gasteiger partial charge in [-0.2, -0.15) is 11.8 Å². The Morgan fingerprint density at radius 2 is 2.31 bits per heavy atom. The van der Waals surface area contributed by atoms with Crippen LogP contribution in [0.5, 0.6) is 5.75 Å². The van der Waals surface area contributed by atoms with Crippen LogP contribution in [-0.4, -0.2) is 29.1 Å². The Balaban J connectivity index is 2.69. The van der Waals surface area contributed by atoms with Crippen molar-refractivity contribution in [2.45, 2.75) is 12.2 Å². The summed E-state index contributed by atoms with van der Waals surface area (Å²) in [5.74, 6) is -0.216. The number of phenols is 1. The van der Waals surface area contributed by atoms with Crippen molar-refractivity contribution in [2.24, 2.45) is 0 Å². The minimum Gasteiger partial charge on any atom is -0.508 e. The molecule has 0 spiro atoms. The number of benzene rings is 1. The predicted molar refractivity (Wildman–Crippen MR) is 67.8 cm³/mol. The van der Waals surface area contributed by atoms with Gasteiger partial charge in [0.25, 0.3) is 5.91 Å². The first-order valence-electron chi connectivity index (χ1n) is 4.94. The highest BCUT2D eigenvalue weighted by Gasteiger charge is 2.11. The maximum Gasteiger partial charge on any atom is 0.253 e. The van der Waals surface area contributed by atoms with Crippen molar-refractivity contribution in [3.05, 3.63) is 23.8 Å². The Morgan fingerprint density at radius 3 is 2.94 bits per heavy atom. The molecule has 0 bridgehead atoms. The lowest BCUT2D eigenvalue weighted by Crippen LogP contribution is -2.29. The summed E-state index contributed by atoms with van der Waals surface area (Å²) >= 11 is 1.67. The molecule has 1 unspecified atom stereocenters. The van der Waals surface area contributed by atoms with Crippen molar-refractivity contribution in [3.8, 4) is 5.75 Å². The molecule has 1 aromatic carbocycles. The molecule has 0 radical (unpaired) electrons. The largest absolute Gasteiger partial charge is 0.508 e. The lowest BCUT2D eigenvalue weighted by Gasteiger charge is -2.11. The first-order valence-corrected chi connectivity index (χ1v) is 6.23. The zero-order chi connectivity index (χ0) is 12.1. The third kappa shape index (κ3) is 3.34. The number of anilines is 1. The van der Waals surface area contributed by atoms with Crippen LogP contribution in [-0.2, 0) is 0 Å². The van der Waals surface area contributed by atoms with Gasteiger partial charge in [0.05, 0.1) is 5.56 Å². The van der Waals surface area contributed by atoms with Gasteiger partial charge in [-0.3, -0.25) is 4.79 Å². The number of nitrogen functional groups attached to an aromatic ring is 1. The summed E-state index contributed by atoms with van der Waals surface area (Å²) in [6, 6.07) is 4.34. The van der Waals surface area contributed by atoms with Crippen molar-refractivity contribution < 1.29 is 9.90 Å². The molecule has 1 rings (SSSR count). The number of nitrogens with one attached hydrogen (secondary N) is 1. The minimum absolute atomic E-state index is 0.0391. The van der Waals surface area contributed by atoms with Gasteiger partial charge in [-0.1, -0.05) is 6.92 Å². The lowest BCUT2D eigenvalue weighted by molar-refractivity contribution is 0.0954. The number of amides is 1. The number of thioether (sulfide) groups is 1. The molecule has 5 heteroatoms. The van der Waals surface area contributed by atoms with Gasteiger partial charge in [-0.15, -0.1) is 0 Å². The van der Waals surface area contributed by atoms with Crippen LogP contribution in [0.4, 0.5) is 5.69 Å². The molecule has 0 heterocycles. The molecule has 0 saturated heterocycles. The predicted octanol–water partition coefficient (Wildman–Crippen LogP) is 1.46. The normalized spacial score (nSPS) is 12.1. The van der Waals surface area contributed by atoms with Gasteiger partial charge >= 0.3 is 0 Å². The topological polar surface area (TPSA) is 75.3 Å². The number of hydrogen-bond acceptors (Lipinski definition) is 4. The molecule has 0 aliphatic rings. The van der Waals surface area contributed by atoms with Crippen LogP contribution in [0.1, 0.15) is 17.3 Å². The highest BCUT2D eigenvalue weighted by Crippen LogP contribution is 2.18. The third-order valence-electron chi connectivity index (χ3n) is 2.23. The molecule has 4 nitrogen and oxygen atoms in total. The first kappa shape index (κ1) is 12.7. The van der Waals surface area contributed by atoms with Crippen molar-refractivity contribution in [1.82, 2.24) is 5.32 Å². The smallest absolute Gasteiger partial charge is 0.253 e. The molecule has 4 N–H and O–H groups in total. The second-order valence-electron chi connectivity index (χ2n) is 3.53. The molecule has 0 aliphatic carbocycles. The summed E-state index contributed by atoms with van der Waals surface area (Å²) in [4.78, 5) is 11.7. The van der Waals surface area contributed by atoms with E-state index in [0.717, 1.165) is 0 Å². The van der Waals surface area contributed by atoms with Gasteiger partial charge in [-0.05, 0) is 24.5 Å². The number of nitrogens with two attached hydrogens (primary N) is 1. The van der Waals surface area contributed by atoms with Crippen molar-refractivity contribution >= 4 is 23.4 Å². The SMILES string of the molecule is CSC(C)CNC(=O)c1cc(O)ccc1N. The molecule has 0 aliphatic heterocycles. The van der Waals surface area contributed by atoms with Crippen LogP contribution >= 0.6 is 11.8 Å². The fourth-order valence-corrected chi connectivity index (χ4v) is 1.41. The summed E-state index contributed by atoms with van der Waals surface area (Å²) in [7, 11) is 0. The van der Waals surface area contributed by atoms with Gasteiger partial charge in [0, 0.05) is 17.5 Å². The van der Waals surface area contributed by atoms with Crippen molar-refractivity contribution in [2.75, 3.05) is 18.5 Å². The van der Waals surface area contributed by atoms with Crippen LogP contribution in [0.2, 0.25) is 0 Å². The van der Waals surface area contributed by atoms with E-state index in [1.807, 2.05) is 13.2 Å². The summed E-state index contributed by atoms with van der Waals surface area (Å²) in [6.45, 7) is 2.60. The molecule has 1 aromatic rings.